The van der Waals surface area contributed by atoms with E-state index < -0.39 is 21.5 Å². The molecule has 1 aromatic carbocycles. The van der Waals surface area contributed by atoms with Crippen molar-refractivity contribution in [2.45, 2.75) is 20.4 Å². The molecular formula is C13H18BrNO3S. The molecule has 0 aliphatic rings. The molecule has 0 aliphatic heterocycles. The molecule has 0 unspecified atom stereocenters. The average molecular weight is 348 g/mol. The Morgan fingerprint density at radius 1 is 1.37 bits per heavy atom. The van der Waals surface area contributed by atoms with Crippen LogP contribution in [0.2, 0.25) is 0 Å². The molecule has 1 rings (SSSR count). The first-order valence-electron chi connectivity index (χ1n) is 6.00. The predicted octanol–water partition coefficient (Wildman–Crippen LogP) is 2.14. The highest BCUT2D eigenvalue weighted by Crippen LogP contribution is 2.11. The van der Waals surface area contributed by atoms with Gasteiger partial charge in [-0.25, -0.2) is 8.42 Å². The highest BCUT2D eigenvalue weighted by Gasteiger charge is 2.17. The summed E-state index contributed by atoms with van der Waals surface area (Å²) >= 11 is 3.34. The topological polar surface area (TPSA) is 63.2 Å². The van der Waals surface area contributed by atoms with Gasteiger partial charge in [-0.3, -0.25) is 4.79 Å². The van der Waals surface area contributed by atoms with Crippen LogP contribution in [0.5, 0.6) is 0 Å². The van der Waals surface area contributed by atoms with Crippen molar-refractivity contribution in [1.82, 2.24) is 5.32 Å². The molecule has 0 spiro atoms. The van der Waals surface area contributed by atoms with E-state index in [-0.39, 0.29) is 11.7 Å². The van der Waals surface area contributed by atoms with Gasteiger partial charge in [0.25, 0.3) is 0 Å². The Morgan fingerprint density at radius 3 is 2.63 bits per heavy atom. The minimum absolute atomic E-state index is 0.0304. The summed E-state index contributed by atoms with van der Waals surface area (Å²) in [5.74, 6) is -0.834. The number of nitrogens with one attached hydrogen (secondary N) is 1. The van der Waals surface area contributed by atoms with Gasteiger partial charge in [0.15, 0.2) is 9.84 Å². The van der Waals surface area contributed by atoms with Crippen LogP contribution >= 0.6 is 15.9 Å². The van der Waals surface area contributed by atoms with Crippen LogP contribution in [0.4, 0.5) is 0 Å². The van der Waals surface area contributed by atoms with E-state index in [0.717, 1.165) is 10.0 Å². The van der Waals surface area contributed by atoms with Gasteiger partial charge in [0.1, 0.15) is 5.75 Å². The number of sulfone groups is 1. The summed E-state index contributed by atoms with van der Waals surface area (Å²) in [4.78, 5) is 11.6. The first kappa shape index (κ1) is 16.2. The van der Waals surface area contributed by atoms with E-state index in [1.165, 1.54) is 0 Å². The molecular weight excluding hydrogens is 330 g/mol. The number of amides is 1. The van der Waals surface area contributed by atoms with Crippen molar-refractivity contribution in [2.24, 2.45) is 5.92 Å². The van der Waals surface area contributed by atoms with Crippen LogP contribution in [0.3, 0.4) is 0 Å². The standard InChI is InChI=1S/C13H18BrNO3S/c1-10(2)8-19(17,18)9-13(16)15-7-11-4-3-5-12(14)6-11/h3-6,10H,7-9H2,1-2H3,(H,15,16). The quantitative estimate of drug-likeness (QED) is 0.857. The Bertz CT molecular complexity index is 541. The number of hydrogen-bond donors (Lipinski definition) is 1. The molecule has 106 valence electrons. The predicted molar refractivity (Wildman–Crippen MR) is 79.5 cm³/mol. The summed E-state index contributed by atoms with van der Waals surface area (Å²) in [7, 11) is -3.31. The number of hydrogen-bond acceptors (Lipinski definition) is 3. The Kier molecular flexibility index (Phi) is 6.00. The third-order valence-electron chi connectivity index (χ3n) is 2.32. The molecule has 1 amide bonds. The summed E-state index contributed by atoms with van der Waals surface area (Å²) in [6.45, 7) is 3.96. The van der Waals surface area contributed by atoms with Crippen LogP contribution in [0.1, 0.15) is 19.4 Å². The highest BCUT2D eigenvalue weighted by atomic mass is 79.9. The number of rotatable bonds is 6. The Morgan fingerprint density at radius 2 is 2.05 bits per heavy atom. The number of halogens is 1. The van der Waals surface area contributed by atoms with Gasteiger partial charge in [-0.15, -0.1) is 0 Å². The van der Waals surface area contributed by atoms with Gasteiger partial charge in [0.05, 0.1) is 5.75 Å². The third-order valence-corrected chi connectivity index (χ3v) is 4.69. The van der Waals surface area contributed by atoms with Gasteiger partial charge in [0.2, 0.25) is 5.91 Å². The molecule has 0 saturated heterocycles. The van der Waals surface area contributed by atoms with E-state index >= 15 is 0 Å². The lowest BCUT2D eigenvalue weighted by molar-refractivity contribution is -0.118. The largest absolute Gasteiger partial charge is 0.351 e. The highest BCUT2D eigenvalue weighted by molar-refractivity contribution is 9.10. The molecule has 0 atom stereocenters. The Hall–Kier alpha value is -0.880. The maximum Gasteiger partial charge on any atom is 0.235 e. The molecule has 0 aromatic heterocycles. The second-order valence-corrected chi connectivity index (χ2v) is 7.88. The minimum Gasteiger partial charge on any atom is -0.351 e. The smallest absolute Gasteiger partial charge is 0.235 e. The zero-order chi connectivity index (χ0) is 14.5. The van der Waals surface area contributed by atoms with Crippen LogP contribution < -0.4 is 5.32 Å². The van der Waals surface area contributed by atoms with Crippen molar-refractivity contribution in [3.63, 3.8) is 0 Å². The molecule has 19 heavy (non-hydrogen) atoms. The lowest BCUT2D eigenvalue weighted by Gasteiger charge is -2.08. The van der Waals surface area contributed by atoms with Crippen molar-refractivity contribution in [1.29, 1.82) is 0 Å². The van der Waals surface area contributed by atoms with Gasteiger partial charge >= 0.3 is 0 Å². The number of benzene rings is 1. The van der Waals surface area contributed by atoms with E-state index in [4.69, 9.17) is 0 Å². The van der Waals surface area contributed by atoms with Gasteiger partial charge in [-0.1, -0.05) is 41.9 Å². The molecule has 0 fully saturated rings. The van der Waals surface area contributed by atoms with E-state index in [1.807, 2.05) is 38.1 Å². The number of carbonyl (C=O) groups is 1. The first-order valence-corrected chi connectivity index (χ1v) is 8.61. The van der Waals surface area contributed by atoms with E-state index in [2.05, 4.69) is 21.2 Å². The van der Waals surface area contributed by atoms with Crippen LogP contribution in [0.25, 0.3) is 0 Å². The average Bonchev–Trinajstić information content (AvgIpc) is 2.24. The van der Waals surface area contributed by atoms with E-state index in [0.29, 0.717) is 6.54 Å². The van der Waals surface area contributed by atoms with Crippen LogP contribution in [0.15, 0.2) is 28.7 Å². The maximum absolute atomic E-state index is 11.6. The summed E-state index contributed by atoms with van der Waals surface area (Å²) in [6, 6.07) is 7.50. The van der Waals surface area contributed by atoms with Crippen molar-refractivity contribution >= 4 is 31.7 Å². The lowest BCUT2D eigenvalue weighted by Crippen LogP contribution is -2.31. The van der Waals surface area contributed by atoms with Crippen LogP contribution in [0, 0.1) is 5.92 Å². The van der Waals surface area contributed by atoms with Crippen LogP contribution in [-0.2, 0) is 21.2 Å². The summed E-state index contributed by atoms with van der Waals surface area (Å²) in [5.41, 5.74) is 0.920. The molecule has 0 bridgehead atoms. The summed E-state index contributed by atoms with van der Waals surface area (Å²) < 4.78 is 24.2. The monoisotopic (exact) mass is 347 g/mol. The van der Waals surface area contributed by atoms with Crippen molar-refractivity contribution < 1.29 is 13.2 Å². The summed E-state index contributed by atoms with van der Waals surface area (Å²) in [6.07, 6.45) is 0. The first-order chi connectivity index (χ1) is 8.78. The molecule has 4 nitrogen and oxygen atoms in total. The van der Waals surface area contributed by atoms with Crippen molar-refractivity contribution in [3.05, 3.63) is 34.3 Å². The Balaban J connectivity index is 2.48. The SMILES string of the molecule is CC(C)CS(=O)(=O)CC(=O)NCc1cccc(Br)c1. The Labute approximate surface area is 122 Å². The number of carbonyl (C=O) groups excluding carboxylic acids is 1. The fourth-order valence-corrected chi connectivity index (χ4v) is 3.75. The lowest BCUT2D eigenvalue weighted by atomic mass is 10.2. The zero-order valence-corrected chi connectivity index (χ0v) is 13.4. The minimum atomic E-state index is -3.31. The second-order valence-electron chi connectivity index (χ2n) is 4.86. The summed E-state index contributed by atoms with van der Waals surface area (Å²) in [5, 5.41) is 2.62. The molecule has 0 heterocycles. The van der Waals surface area contributed by atoms with Gasteiger partial charge in [-0.05, 0) is 23.6 Å². The van der Waals surface area contributed by atoms with Crippen LogP contribution in [-0.4, -0.2) is 25.8 Å². The maximum atomic E-state index is 11.6. The second kappa shape index (κ2) is 7.05. The third kappa shape index (κ3) is 6.73. The molecule has 1 N–H and O–H groups in total. The molecule has 0 radical (unpaired) electrons. The fourth-order valence-electron chi connectivity index (χ4n) is 1.67. The van der Waals surface area contributed by atoms with Gasteiger partial charge in [0, 0.05) is 11.0 Å². The fraction of sp³-hybridized carbons (Fsp3) is 0.462. The van der Waals surface area contributed by atoms with Gasteiger partial charge < -0.3 is 5.32 Å². The van der Waals surface area contributed by atoms with E-state index in [9.17, 15) is 13.2 Å². The van der Waals surface area contributed by atoms with Gasteiger partial charge in [-0.2, -0.15) is 0 Å². The molecule has 1 aromatic rings. The van der Waals surface area contributed by atoms with Crippen molar-refractivity contribution in [3.8, 4) is 0 Å². The van der Waals surface area contributed by atoms with E-state index in [1.54, 1.807) is 0 Å². The normalized spacial score (nSPS) is 11.6. The van der Waals surface area contributed by atoms with Crippen molar-refractivity contribution in [2.75, 3.05) is 11.5 Å². The molecule has 0 saturated carbocycles. The zero-order valence-electron chi connectivity index (χ0n) is 11.0. The molecule has 6 heteroatoms. The molecule has 0 aliphatic carbocycles.